The Bertz CT molecular complexity index is 536. The molecule has 0 unspecified atom stereocenters. The van der Waals surface area contributed by atoms with E-state index in [-0.39, 0.29) is 0 Å². The molecule has 2 aromatic rings. The van der Waals surface area contributed by atoms with Crippen LogP contribution in [0.4, 0.5) is 5.82 Å². The van der Waals surface area contributed by atoms with Crippen LogP contribution >= 0.6 is 0 Å². The van der Waals surface area contributed by atoms with E-state index in [1.165, 1.54) is 18.4 Å². The fourth-order valence-electron chi connectivity index (χ4n) is 2.02. The van der Waals surface area contributed by atoms with Crippen molar-refractivity contribution in [3.63, 3.8) is 0 Å². The molecule has 20 heavy (non-hydrogen) atoms. The summed E-state index contributed by atoms with van der Waals surface area (Å²) < 4.78 is 0. The van der Waals surface area contributed by atoms with Crippen molar-refractivity contribution in [2.45, 2.75) is 32.0 Å². The Morgan fingerprint density at radius 3 is 2.65 bits per heavy atom. The lowest BCUT2D eigenvalue weighted by atomic mass is 10.2. The minimum Gasteiger partial charge on any atom is -0.354 e. The maximum absolute atomic E-state index is 4.48. The quantitative estimate of drug-likeness (QED) is 0.866. The Balaban J connectivity index is 1.58. The van der Waals surface area contributed by atoms with Gasteiger partial charge in [-0.3, -0.25) is 9.97 Å². The van der Waals surface area contributed by atoms with E-state index in [1.807, 2.05) is 44.0 Å². The number of hydrogen-bond acceptors (Lipinski definition) is 5. The number of hydrogen-bond donors (Lipinski definition) is 1. The van der Waals surface area contributed by atoms with Crippen molar-refractivity contribution in [2.75, 3.05) is 11.9 Å². The lowest BCUT2D eigenvalue weighted by molar-refractivity contribution is 0.671. The first-order valence-electron chi connectivity index (χ1n) is 6.95. The lowest BCUT2D eigenvalue weighted by Crippen LogP contribution is -2.19. The molecule has 5 heteroatoms. The van der Waals surface area contributed by atoms with E-state index in [0.717, 1.165) is 24.6 Å². The molecule has 1 saturated carbocycles. The van der Waals surface area contributed by atoms with Crippen molar-refractivity contribution < 1.29 is 0 Å². The molecule has 0 spiro atoms. The first-order chi connectivity index (χ1) is 9.81. The maximum atomic E-state index is 4.48. The van der Waals surface area contributed by atoms with Gasteiger partial charge in [0.05, 0.1) is 18.1 Å². The number of anilines is 1. The zero-order chi connectivity index (χ0) is 13.8. The first-order valence-corrected chi connectivity index (χ1v) is 6.95. The van der Waals surface area contributed by atoms with Gasteiger partial charge in [0, 0.05) is 38.6 Å². The Morgan fingerprint density at radius 1 is 1.20 bits per heavy atom. The summed E-state index contributed by atoms with van der Waals surface area (Å²) in [5.41, 5.74) is 2.21. The van der Waals surface area contributed by atoms with Crippen LogP contribution in [0.25, 0.3) is 0 Å². The van der Waals surface area contributed by atoms with Crippen molar-refractivity contribution in [2.24, 2.45) is 0 Å². The highest BCUT2D eigenvalue weighted by Gasteiger charge is 2.20. The standard InChI is InChI=1S/C15H19N5/c1-20(11-12-4-6-16-7-5-12)15-10-18-14(9-19-15)8-17-13-2-3-13/h4-7,9-10,13,17H,2-3,8,11H2,1H3. The second-order valence-electron chi connectivity index (χ2n) is 5.23. The molecule has 1 N–H and O–H groups in total. The number of rotatable bonds is 6. The molecule has 5 nitrogen and oxygen atoms in total. The molecule has 2 heterocycles. The predicted molar refractivity (Wildman–Crippen MR) is 78.2 cm³/mol. The van der Waals surface area contributed by atoms with E-state index in [9.17, 15) is 0 Å². The minimum absolute atomic E-state index is 0.700. The van der Waals surface area contributed by atoms with E-state index in [2.05, 4.69) is 25.2 Å². The number of pyridine rings is 1. The Morgan fingerprint density at radius 2 is 2.00 bits per heavy atom. The second kappa shape index (κ2) is 5.96. The van der Waals surface area contributed by atoms with E-state index in [1.54, 1.807) is 0 Å². The average Bonchev–Trinajstić information content (AvgIpc) is 3.31. The van der Waals surface area contributed by atoms with E-state index in [0.29, 0.717) is 6.04 Å². The monoisotopic (exact) mass is 269 g/mol. The molecule has 0 radical (unpaired) electrons. The van der Waals surface area contributed by atoms with Gasteiger partial charge in [-0.1, -0.05) is 0 Å². The number of aromatic nitrogens is 3. The van der Waals surface area contributed by atoms with Crippen LogP contribution in [0.5, 0.6) is 0 Å². The highest BCUT2D eigenvalue weighted by atomic mass is 15.2. The summed E-state index contributed by atoms with van der Waals surface area (Å²) >= 11 is 0. The summed E-state index contributed by atoms with van der Waals surface area (Å²) in [4.78, 5) is 15.1. The van der Waals surface area contributed by atoms with Gasteiger partial charge in [-0.25, -0.2) is 4.98 Å². The van der Waals surface area contributed by atoms with Gasteiger partial charge in [0.2, 0.25) is 0 Å². The van der Waals surface area contributed by atoms with Crippen LogP contribution < -0.4 is 10.2 Å². The van der Waals surface area contributed by atoms with Gasteiger partial charge in [0.15, 0.2) is 0 Å². The van der Waals surface area contributed by atoms with Crippen LogP contribution in [0, 0.1) is 0 Å². The van der Waals surface area contributed by atoms with Crippen LogP contribution in [0.3, 0.4) is 0 Å². The number of nitrogens with one attached hydrogen (secondary N) is 1. The van der Waals surface area contributed by atoms with E-state index < -0.39 is 0 Å². The van der Waals surface area contributed by atoms with E-state index in [4.69, 9.17) is 0 Å². The van der Waals surface area contributed by atoms with Crippen molar-refractivity contribution in [3.05, 3.63) is 48.2 Å². The highest BCUT2D eigenvalue weighted by Crippen LogP contribution is 2.19. The second-order valence-corrected chi connectivity index (χ2v) is 5.23. The molecule has 0 aliphatic heterocycles. The molecule has 0 bridgehead atoms. The molecule has 3 rings (SSSR count). The fraction of sp³-hybridized carbons (Fsp3) is 0.400. The third-order valence-corrected chi connectivity index (χ3v) is 3.40. The van der Waals surface area contributed by atoms with Crippen molar-refractivity contribution in [3.8, 4) is 0 Å². The van der Waals surface area contributed by atoms with E-state index >= 15 is 0 Å². The van der Waals surface area contributed by atoms with Crippen LogP contribution in [-0.4, -0.2) is 28.0 Å². The van der Waals surface area contributed by atoms with Crippen molar-refractivity contribution >= 4 is 5.82 Å². The van der Waals surface area contributed by atoms with Gasteiger partial charge in [-0.05, 0) is 30.5 Å². The molecule has 1 aliphatic rings. The van der Waals surface area contributed by atoms with Crippen LogP contribution in [0.15, 0.2) is 36.9 Å². The molecule has 0 atom stereocenters. The molecule has 0 aromatic carbocycles. The molecule has 1 fully saturated rings. The van der Waals surface area contributed by atoms with Crippen molar-refractivity contribution in [1.29, 1.82) is 0 Å². The number of nitrogens with zero attached hydrogens (tertiary/aromatic N) is 4. The van der Waals surface area contributed by atoms with Gasteiger partial charge >= 0.3 is 0 Å². The molecule has 104 valence electrons. The molecule has 0 saturated heterocycles. The Labute approximate surface area is 119 Å². The Kier molecular flexibility index (Phi) is 3.87. The third-order valence-electron chi connectivity index (χ3n) is 3.40. The SMILES string of the molecule is CN(Cc1ccncc1)c1cnc(CNC2CC2)cn1. The summed E-state index contributed by atoms with van der Waals surface area (Å²) in [6, 6.07) is 4.72. The van der Waals surface area contributed by atoms with Gasteiger partial charge < -0.3 is 10.2 Å². The zero-order valence-electron chi connectivity index (χ0n) is 11.7. The summed E-state index contributed by atoms with van der Waals surface area (Å²) in [5.74, 6) is 0.886. The van der Waals surface area contributed by atoms with Crippen LogP contribution in [0.2, 0.25) is 0 Å². The summed E-state index contributed by atoms with van der Waals surface area (Å²) in [6.07, 6.45) is 9.89. The molecular formula is C15H19N5. The third kappa shape index (κ3) is 3.51. The topological polar surface area (TPSA) is 53.9 Å². The summed E-state index contributed by atoms with van der Waals surface area (Å²) in [5, 5.41) is 3.44. The normalized spacial score (nSPS) is 14.2. The van der Waals surface area contributed by atoms with Crippen molar-refractivity contribution in [1.82, 2.24) is 20.3 Å². The van der Waals surface area contributed by atoms with Crippen LogP contribution in [-0.2, 0) is 13.1 Å². The lowest BCUT2D eigenvalue weighted by Gasteiger charge is -2.17. The molecule has 0 amide bonds. The maximum Gasteiger partial charge on any atom is 0.147 e. The highest BCUT2D eigenvalue weighted by molar-refractivity contribution is 5.35. The Hall–Kier alpha value is -2.01. The molecule has 2 aromatic heterocycles. The molecule has 1 aliphatic carbocycles. The summed E-state index contributed by atoms with van der Waals surface area (Å²) in [7, 11) is 2.02. The average molecular weight is 269 g/mol. The fourth-order valence-corrected chi connectivity index (χ4v) is 2.02. The smallest absolute Gasteiger partial charge is 0.147 e. The predicted octanol–water partition coefficient (Wildman–Crippen LogP) is 1.76. The molecular weight excluding hydrogens is 250 g/mol. The summed E-state index contributed by atoms with van der Waals surface area (Å²) in [6.45, 7) is 1.61. The largest absolute Gasteiger partial charge is 0.354 e. The van der Waals surface area contributed by atoms with Gasteiger partial charge in [0.1, 0.15) is 5.82 Å². The minimum atomic E-state index is 0.700. The first kappa shape index (κ1) is 13.0. The van der Waals surface area contributed by atoms with Gasteiger partial charge in [-0.15, -0.1) is 0 Å². The van der Waals surface area contributed by atoms with Gasteiger partial charge in [0.25, 0.3) is 0 Å². The van der Waals surface area contributed by atoms with Crippen LogP contribution in [0.1, 0.15) is 24.1 Å². The zero-order valence-corrected chi connectivity index (χ0v) is 11.7. The van der Waals surface area contributed by atoms with Gasteiger partial charge in [-0.2, -0.15) is 0 Å².